The molecule has 1 N–H and O–H groups in total. The molecule has 0 bridgehead atoms. The molecule has 0 saturated heterocycles. The number of carbonyl (C=O) groups is 2. The van der Waals surface area contributed by atoms with Crippen LogP contribution in [0.3, 0.4) is 0 Å². The van der Waals surface area contributed by atoms with Crippen molar-refractivity contribution in [3.8, 4) is 0 Å². The van der Waals surface area contributed by atoms with E-state index in [0.717, 1.165) is 12.0 Å². The summed E-state index contributed by atoms with van der Waals surface area (Å²) in [6.45, 7) is 6.32. The molecular weight excluding hydrogens is 318 g/mol. The van der Waals surface area contributed by atoms with Crippen LogP contribution in [0.25, 0.3) is 0 Å². The van der Waals surface area contributed by atoms with Crippen LogP contribution in [0.2, 0.25) is 5.02 Å². The van der Waals surface area contributed by atoms with Crippen molar-refractivity contribution in [2.24, 2.45) is 5.92 Å². The summed E-state index contributed by atoms with van der Waals surface area (Å²) < 4.78 is 10.3. The lowest BCUT2D eigenvalue weighted by atomic mass is 10.1. The van der Waals surface area contributed by atoms with Gasteiger partial charge in [-0.25, -0.2) is 4.79 Å². The number of hydrogen-bond donors (Lipinski definition) is 1. The average molecular weight is 342 g/mol. The number of rotatable bonds is 9. The van der Waals surface area contributed by atoms with Crippen molar-refractivity contribution in [2.75, 3.05) is 13.2 Å². The fraction of sp³-hybridized carbons (Fsp3) is 0.529. The van der Waals surface area contributed by atoms with E-state index in [-0.39, 0.29) is 12.5 Å². The van der Waals surface area contributed by atoms with Crippen LogP contribution in [-0.2, 0) is 25.6 Å². The number of amides is 1. The van der Waals surface area contributed by atoms with Crippen LogP contribution in [-0.4, -0.2) is 31.2 Å². The fourth-order valence-corrected chi connectivity index (χ4v) is 1.78. The van der Waals surface area contributed by atoms with Crippen molar-refractivity contribution >= 4 is 23.5 Å². The molecule has 5 nitrogen and oxygen atoms in total. The highest BCUT2D eigenvalue weighted by atomic mass is 35.5. The molecule has 128 valence electrons. The van der Waals surface area contributed by atoms with E-state index >= 15 is 0 Å². The molecule has 0 spiro atoms. The first-order valence-corrected chi connectivity index (χ1v) is 8.05. The Morgan fingerprint density at radius 3 is 2.43 bits per heavy atom. The molecule has 6 heteroatoms. The molecule has 1 amide bonds. The van der Waals surface area contributed by atoms with E-state index in [0.29, 0.717) is 24.1 Å². The number of hydrogen-bond acceptors (Lipinski definition) is 4. The number of benzene rings is 1. The number of nitrogens with one attached hydrogen (secondary N) is 1. The lowest BCUT2D eigenvalue weighted by Crippen LogP contribution is -2.31. The Balaban J connectivity index is 2.21. The molecule has 0 radical (unpaired) electrons. The number of ether oxygens (including phenoxy) is 2. The van der Waals surface area contributed by atoms with Crippen molar-refractivity contribution in [1.82, 2.24) is 5.32 Å². The van der Waals surface area contributed by atoms with Crippen LogP contribution in [0.5, 0.6) is 0 Å². The highest BCUT2D eigenvalue weighted by Crippen LogP contribution is 2.09. The summed E-state index contributed by atoms with van der Waals surface area (Å²) in [7, 11) is 0. The van der Waals surface area contributed by atoms with Crippen molar-refractivity contribution in [3.05, 3.63) is 34.9 Å². The Bertz CT molecular complexity index is 502. The quantitative estimate of drug-likeness (QED) is 0.701. The van der Waals surface area contributed by atoms with E-state index in [1.807, 2.05) is 12.1 Å². The molecule has 1 aromatic carbocycles. The predicted molar refractivity (Wildman–Crippen MR) is 89.1 cm³/mol. The predicted octanol–water partition coefficient (Wildman–Crippen LogP) is 2.95. The third-order valence-electron chi connectivity index (χ3n) is 3.14. The molecule has 1 rings (SSSR count). The second-order valence-corrected chi connectivity index (χ2v) is 6.14. The Kier molecular flexibility index (Phi) is 8.66. The van der Waals surface area contributed by atoms with Gasteiger partial charge in [0.25, 0.3) is 5.91 Å². The molecule has 0 aliphatic heterocycles. The van der Waals surface area contributed by atoms with E-state index < -0.39 is 12.1 Å². The number of esters is 1. The monoisotopic (exact) mass is 341 g/mol. The standard InChI is InChI=1S/C17H24ClNO4/c1-12(2)8-9-22-13(3)17(21)23-11-16(20)19-10-14-4-6-15(18)7-5-14/h4-7,12-13H,8-11H2,1-3H3,(H,19,20). The third kappa shape index (κ3) is 8.57. The second kappa shape index (κ2) is 10.2. The summed E-state index contributed by atoms with van der Waals surface area (Å²) in [5, 5.41) is 3.31. The van der Waals surface area contributed by atoms with E-state index in [1.165, 1.54) is 0 Å². The molecule has 0 aromatic heterocycles. The van der Waals surface area contributed by atoms with E-state index in [2.05, 4.69) is 19.2 Å². The Morgan fingerprint density at radius 1 is 1.17 bits per heavy atom. The van der Waals surface area contributed by atoms with Gasteiger partial charge in [0.1, 0.15) is 0 Å². The Morgan fingerprint density at radius 2 is 1.83 bits per heavy atom. The van der Waals surface area contributed by atoms with E-state index in [1.54, 1.807) is 19.1 Å². The van der Waals surface area contributed by atoms with E-state index in [4.69, 9.17) is 21.1 Å². The molecule has 1 unspecified atom stereocenters. The van der Waals surface area contributed by atoms with Gasteiger partial charge in [0.05, 0.1) is 0 Å². The van der Waals surface area contributed by atoms with Crippen molar-refractivity contribution in [3.63, 3.8) is 0 Å². The SMILES string of the molecule is CC(C)CCOC(C)C(=O)OCC(=O)NCc1ccc(Cl)cc1. The van der Waals surface area contributed by atoms with Crippen LogP contribution in [0.1, 0.15) is 32.8 Å². The summed E-state index contributed by atoms with van der Waals surface area (Å²) in [6.07, 6.45) is 0.206. The van der Waals surface area contributed by atoms with Gasteiger partial charge in [-0.2, -0.15) is 0 Å². The number of carbonyl (C=O) groups excluding carboxylic acids is 2. The zero-order valence-electron chi connectivity index (χ0n) is 13.8. The Labute approximate surface area is 142 Å². The zero-order valence-corrected chi connectivity index (χ0v) is 14.6. The van der Waals surface area contributed by atoms with Crippen LogP contribution in [0, 0.1) is 5.92 Å². The lowest BCUT2D eigenvalue weighted by molar-refractivity contribution is -0.159. The summed E-state index contributed by atoms with van der Waals surface area (Å²) >= 11 is 5.79. The first-order chi connectivity index (χ1) is 10.9. The Hall–Kier alpha value is -1.59. The van der Waals surface area contributed by atoms with Crippen LogP contribution in [0.4, 0.5) is 0 Å². The van der Waals surface area contributed by atoms with Gasteiger partial charge in [-0.1, -0.05) is 37.6 Å². The molecule has 0 fully saturated rings. The van der Waals surface area contributed by atoms with Crippen LogP contribution >= 0.6 is 11.6 Å². The fourth-order valence-electron chi connectivity index (χ4n) is 1.66. The average Bonchev–Trinajstić information content (AvgIpc) is 2.51. The maximum absolute atomic E-state index is 11.7. The molecular formula is C17H24ClNO4. The topological polar surface area (TPSA) is 64.6 Å². The molecule has 1 atom stereocenters. The third-order valence-corrected chi connectivity index (χ3v) is 3.40. The van der Waals surface area contributed by atoms with Gasteiger partial charge < -0.3 is 14.8 Å². The van der Waals surface area contributed by atoms with Gasteiger partial charge in [0.2, 0.25) is 0 Å². The zero-order chi connectivity index (χ0) is 17.2. The van der Waals surface area contributed by atoms with Crippen LogP contribution in [0.15, 0.2) is 24.3 Å². The number of halogens is 1. The molecule has 1 aromatic rings. The first-order valence-electron chi connectivity index (χ1n) is 7.68. The van der Waals surface area contributed by atoms with Gasteiger partial charge in [-0.3, -0.25) is 4.79 Å². The molecule has 0 aliphatic rings. The van der Waals surface area contributed by atoms with Gasteiger partial charge in [-0.15, -0.1) is 0 Å². The van der Waals surface area contributed by atoms with Gasteiger partial charge in [0, 0.05) is 18.2 Å². The van der Waals surface area contributed by atoms with Gasteiger partial charge >= 0.3 is 5.97 Å². The highest BCUT2D eigenvalue weighted by Gasteiger charge is 2.16. The first kappa shape index (κ1) is 19.5. The van der Waals surface area contributed by atoms with E-state index in [9.17, 15) is 9.59 Å². The van der Waals surface area contributed by atoms with Crippen LogP contribution < -0.4 is 5.32 Å². The van der Waals surface area contributed by atoms with Gasteiger partial charge in [0.15, 0.2) is 12.7 Å². The summed E-state index contributed by atoms with van der Waals surface area (Å²) in [5.41, 5.74) is 0.916. The maximum atomic E-state index is 11.7. The minimum absolute atomic E-state index is 0.315. The minimum Gasteiger partial charge on any atom is -0.454 e. The van der Waals surface area contributed by atoms with Crippen molar-refractivity contribution in [2.45, 2.75) is 39.8 Å². The van der Waals surface area contributed by atoms with Gasteiger partial charge in [-0.05, 0) is 37.0 Å². The lowest BCUT2D eigenvalue weighted by Gasteiger charge is -2.13. The highest BCUT2D eigenvalue weighted by molar-refractivity contribution is 6.30. The molecule has 0 heterocycles. The molecule has 0 saturated carbocycles. The largest absolute Gasteiger partial charge is 0.454 e. The normalized spacial score (nSPS) is 12.0. The summed E-state index contributed by atoms with van der Waals surface area (Å²) in [5.74, 6) is -0.380. The molecule has 23 heavy (non-hydrogen) atoms. The summed E-state index contributed by atoms with van der Waals surface area (Å²) in [6, 6.07) is 7.14. The van der Waals surface area contributed by atoms with Crippen molar-refractivity contribution in [1.29, 1.82) is 0 Å². The minimum atomic E-state index is -0.669. The summed E-state index contributed by atoms with van der Waals surface area (Å²) in [4.78, 5) is 23.4. The second-order valence-electron chi connectivity index (χ2n) is 5.71. The molecule has 0 aliphatic carbocycles. The van der Waals surface area contributed by atoms with Crippen molar-refractivity contribution < 1.29 is 19.1 Å². The smallest absolute Gasteiger partial charge is 0.335 e. The maximum Gasteiger partial charge on any atom is 0.335 e.